The lowest BCUT2D eigenvalue weighted by Crippen LogP contribution is -2.41. The first kappa shape index (κ1) is 28.5. The number of pyridine rings is 1. The van der Waals surface area contributed by atoms with Gasteiger partial charge in [-0.15, -0.1) is 0 Å². The molecule has 4 aromatic rings. The van der Waals surface area contributed by atoms with E-state index in [0.717, 1.165) is 42.5 Å². The molecule has 1 aliphatic carbocycles. The number of nitrogens with one attached hydrogen (secondary N) is 1. The number of hydrogen-bond donors (Lipinski definition) is 1. The zero-order valence-corrected chi connectivity index (χ0v) is 25.0. The number of methoxy groups -OCH3 is 1. The first-order valence-electron chi connectivity index (χ1n) is 14.5. The molecule has 1 aromatic carbocycles. The Morgan fingerprint density at radius 3 is 2.65 bits per heavy atom. The minimum absolute atomic E-state index is 0.0195. The molecule has 1 aliphatic heterocycles. The van der Waals surface area contributed by atoms with E-state index in [1.54, 1.807) is 36.0 Å². The number of aryl methyl sites for hydroxylation is 3. The van der Waals surface area contributed by atoms with E-state index < -0.39 is 5.97 Å². The van der Waals surface area contributed by atoms with E-state index in [1.807, 2.05) is 31.3 Å². The molecule has 0 atom stereocenters. The summed E-state index contributed by atoms with van der Waals surface area (Å²) in [5.74, 6) is 0.0334. The Hall–Kier alpha value is -4.64. The molecule has 0 saturated carbocycles. The molecule has 0 saturated heterocycles. The van der Waals surface area contributed by atoms with Crippen LogP contribution in [0, 0.1) is 0 Å². The Kier molecular flexibility index (Phi) is 7.66. The summed E-state index contributed by atoms with van der Waals surface area (Å²) in [5.41, 5.74) is 7.10. The summed E-state index contributed by atoms with van der Waals surface area (Å²) >= 11 is 0. The van der Waals surface area contributed by atoms with E-state index in [0.29, 0.717) is 48.1 Å². The molecule has 0 fully saturated rings. The molecule has 4 heterocycles. The molecule has 2 aliphatic rings. The third-order valence-electron chi connectivity index (χ3n) is 8.31. The van der Waals surface area contributed by atoms with Gasteiger partial charge in [0.1, 0.15) is 18.0 Å². The van der Waals surface area contributed by atoms with Crippen LogP contribution in [0.25, 0.3) is 11.1 Å². The van der Waals surface area contributed by atoms with E-state index in [2.05, 4.69) is 21.0 Å². The summed E-state index contributed by atoms with van der Waals surface area (Å²) in [6.45, 7) is 2.95. The number of benzene rings is 1. The van der Waals surface area contributed by atoms with Gasteiger partial charge in [0, 0.05) is 70.3 Å². The minimum Gasteiger partial charge on any atom is -0.461 e. The van der Waals surface area contributed by atoms with Crippen LogP contribution in [-0.4, -0.2) is 44.4 Å². The molecule has 0 spiro atoms. The molecule has 0 bridgehead atoms. The van der Waals surface area contributed by atoms with Crippen molar-refractivity contribution >= 4 is 29.1 Å². The molecule has 11 heteroatoms. The Morgan fingerprint density at radius 1 is 1.05 bits per heavy atom. The van der Waals surface area contributed by atoms with Crippen molar-refractivity contribution in [3.63, 3.8) is 0 Å². The molecule has 224 valence electrons. The summed E-state index contributed by atoms with van der Waals surface area (Å²) in [7, 11) is 5.11. The van der Waals surface area contributed by atoms with Crippen LogP contribution in [-0.2, 0) is 61.0 Å². The summed E-state index contributed by atoms with van der Waals surface area (Å²) in [5, 5.41) is 7.62. The van der Waals surface area contributed by atoms with Gasteiger partial charge in [-0.1, -0.05) is 12.1 Å². The third kappa shape index (κ3) is 5.36. The lowest BCUT2D eigenvalue weighted by Gasteiger charge is -2.32. The number of carbonyl (C=O) groups excluding carboxylic acids is 2. The van der Waals surface area contributed by atoms with Gasteiger partial charge in [-0.25, -0.2) is 0 Å². The van der Waals surface area contributed by atoms with Gasteiger partial charge in [-0.3, -0.25) is 19.1 Å². The van der Waals surface area contributed by atoms with Gasteiger partial charge in [0.05, 0.1) is 18.0 Å². The number of nitrogens with zero attached hydrogens (tertiary/aromatic N) is 5. The van der Waals surface area contributed by atoms with Crippen molar-refractivity contribution in [2.45, 2.75) is 52.4 Å². The molecular weight excluding hydrogens is 548 g/mol. The van der Waals surface area contributed by atoms with Gasteiger partial charge >= 0.3 is 5.97 Å². The fraction of sp³-hybridized carbons (Fsp3) is 0.375. The normalized spacial score (nSPS) is 14.4. The predicted molar refractivity (Wildman–Crippen MR) is 163 cm³/mol. The standard InChI is InChI=1S/C32H36N6O5/c1-20(39)43-19-25-24(22-14-26(31(40)35(2)17-22)33-30-16-23(18-42-4)36(3)34-30)9-7-11-28(25)38-13-12-37-27-10-6-5-8-21(27)15-29(37)32(38)41/h7,9,11,14-17H,5-6,8,10,12-13,18-19H2,1-4H3,(H,33,34). The van der Waals surface area contributed by atoms with Crippen molar-refractivity contribution in [2.24, 2.45) is 14.1 Å². The van der Waals surface area contributed by atoms with Gasteiger partial charge < -0.3 is 28.8 Å². The average Bonchev–Trinajstić information content (AvgIpc) is 3.54. The number of ether oxygens (including phenoxy) is 2. The molecule has 43 heavy (non-hydrogen) atoms. The number of amides is 1. The Labute approximate surface area is 249 Å². The molecule has 0 radical (unpaired) electrons. The van der Waals surface area contributed by atoms with E-state index >= 15 is 0 Å². The molecule has 11 nitrogen and oxygen atoms in total. The summed E-state index contributed by atoms with van der Waals surface area (Å²) < 4.78 is 16.1. The number of fused-ring (bicyclic) bond motifs is 3. The highest BCUT2D eigenvalue weighted by Crippen LogP contribution is 2.36. The van der Waals surface area contributed by atoms with Gasteiger partial charge in [-0.2, -0.15) is 5.10 Å². The number of esters is 1. The lowest BCUT2D eigenvalue weighted by atomic mass is 9.98. The maximum atomic E-state index is 13.9. The van der Waals surface area contributed by atoms with Crippen LogP contribution in [0.2, 0.25) is 0 Å². The second kappa shape index (κ2) is 11.6. The van der Waals surface area contributed by atoms with Gasteiger partial charge in [0.15, 0.2) is 5.82 Å². The molecule has 1 amide bonds. The number of anilines is 3. The first-order chi connectivity index (χ1) is 20.7. The van der Waals surface area contributed by atoms with Crippen LogP contribution in [0.1, 0.15) is 52.8 Å². The average molecular weight is 585 g/mol. The highest BCUT2D eigenvalue weighted by atomic mass is 16.5. The second-order valence-electron chi connectivity index (χ2n) is 11.2. The van der Waals surface area contributed by atoms with Crippen LogP contribution in [0.3, 0.4) is 0 Å². The fourth-order valence-electron chi connectivity index (χ4n) is 6.23. The quantitative estimate of drug-likeness (QED) is 0.311. The number of rotatable bonds is 8. The molecule has 1 N–H and O–H groups in total. The van der Waals surface area contributed by atoms with Crippen LogP contribution in [0.5, 0.6) is 0 Å². The highest BCUT2D eigenvalue weighted by Gasteiger charge is 2.32. The smallest absolute Gasteiger partial charge is 0.302 e. The first-order valence-corrected chi connectivity index (χ1v) is 14.5. The number of hydrogen-bond acceptors (Lipinski definition) is 7. The summed E-state index contributed by atoms with van der Waals surface area (Å²) in [4.78, 5) is 40.8. The molecular formula is C32H36N6O5. The molecule has 6 rings (SSSR count). The van der Waals surface area contributed by atoms with E-state index in [-0.39, 0.29) is 18.1 Å². The van der Waals surface area contributed by atoms with Crippen molar-refractivity contribution in [3.05, 3.63) is 81.2 Å². The Balaban J connectivity index is 1.40. The molecule has 3 aromatic heterocycles. The summed E-state index contributed by atoms with van der Waals surface area (Å²) in [6, 6.07) is 11.4. The van der Waals surface area contributed by atoms with Crippen molar-refractivity contribution in [3.8, 4) is 11.1 Å². The van der Waals surface area contributed by atoms with Gasteiger partial charge in [0.2, 0.25) is 0 Å². The third-order valence-corrected chi connectivity index (χ3v) is 8.31. The zero-order valence-electron chi connectivity index (χ0n) is 25.0. The van der Waals surface area contributed by atoms with E-state index in [1.165, 1.54) is 22.7 Å². The summed E-state index contributed by atoms with van der Waals surface area (Å²) in [6.07, 6.45) is 6.05. The maximum absolute atomic E-state index is 13.9. The Morgan fingerprint density at radius 2 is 1.86 bits per heavy atom. The molecule has 0 unspecified atom stereocenters. The van der Waals surface area contributed by atoms with Crippen molar-refractivity contribution in [1.82, 2.24) is 18.9 Å². The van der Waals surface area contributed by atoms with Crippen molar-refractivity contribution < 1.29 is 19.1 Å². The zero-order chi connectivity index (χ0) is 30.2. The highest BCUT2D eigenvalue weighted by molar-refractivity contribution is 6.07. The number of carbonyl (C=O) groups is 2. The fourth-order valence-corrected chi connectivity index (χ4v) is 6.23. The van der Waals surface area contributed by atoms with Crippen molar-refractivity contribution in [1.29, 1.82) is 0 Å². The Bertz CT molecular complexity index is 1780. The van der Waals surface area contributed by atoms with Crippen molar-refractivity contribution in [2.75, 3.05) is 23.9 Å². The van der Waals surface area contributed by atoms with E-state index in [4.69, 9.17) is 9.47 Å². The largest absolute Gasteiger partial charge is 0.461 e. The predicted octanol–water partition coefficient (Wildman–Crippen LogP) is 4.08. The second-order valence-corrected chi connectivity index (χ2v) is 11.2. The topological polar surface area (TPSA) is 113 Å². The SMILES string of the molecule is COCc1cc(Nc2cc(-c3cccc(N4CCn5c(cc6c5CCCC6)C4=O)c3COC(C)=O)cn(C)c2=O)nn1C. The van der Waals surface area contributed by atoms with Crippen LogP contribution < -0.4 is 15.8 Å². The van der Waals surface area contributed by atoms with Crippen LogP contribution >= 0.6 is 0 Å². The minimum atomic E-state index is -0.419. The van der Waals surface area contributed by atoms with Crippen LogP contribution in [0.15, 0.2) is 47.4 Å². The van der Waals surface area contributed by atoms with E-state index in [9.17, 15) is 14.4 Å². The van der Waals surface area contributed by atoms with Gasteiger partial charge in [-0.05, 0) is 55.0 Å². The van der Waals surface area contributed by atoms with Gasteiger partial charge in [0.25, 0.3) is 11.5 Å². The number of aromatic nitrogens is 4. The maximum Gasteiger partial charge on any atom is 0.302 e. The monoisotopic (exact) mass is 584 g/mol. The lowest BCUT2D eigenvalue weighted by molar-refractivity contribution is -0.142. The van der Waals surface area contributed by atoms with Crippen LogP contribution in [0.4, 0.5) is 17.2 Å².